The molecule has 0 aliphatic carbocycles. The highest BCUT2D eigenvalue weighted by molar-refractivity contribution is 5.42. The third-order valence-corrected chi connectivity index (χ3v) is 2.94. The summed E-state index contributed by atoms with van der Waals surface area (Å²) in [7, 11) is 0. The molecular weight excluding hydrogens is 208 g/mol. The molecule has 3 rings (SSSR count). The van der Waals surface area contributed by atoms with Gasteiger partial charge in [0.2, 0.25) is 0 Å². The molecule has 0 unspecified atom stereocenters. The molecule has 1 aromatic heterocycles. The van der Waals surface area contributed by atoms with Crippen LogP contribution in [0.25, 0.3) is 0 Å². The maximum atomic E-state index is 5.88. The van der Waals surface area contributed by atoms with E-state index in [1.807, 2.05) is 6.07 Å². The van der Waals surface area contributed by atoms with Gasteiger partial charge in [-0.1, -0.05) is 0 Å². The maximum absolute atomic E-state index is 5.88. The molecule has 0 saturated carbocycles. The molecule has 2 N–H and O–H groups in total. The molecular formula is C11H14N2O3. The molecule has 2 aliphatic heterocycles. The van der Waals surface area contributed by atoms with Crippen LogP contribution in [-0.4, -0.2) is 24.0 Å². The van der Waals surface area contributed by atoms with E-state index < -0.39 is 5.79 Å². The average Bonchev–Trinajstić information content (AvgIpc) is 2.66. The molecule has 3 heterocycles. The maximum Gasteiger partial charge on any atom is 0.256 e. The summed E-state index contributed by atoms with van der Waals surface area (Å²) in [5, 5.41) is 0. The third kappa shape index (κ3) is 1.52. The van der Waals surface area contributed by atoms with Crippen LogP contribution in [0.5, 0.6) is 11.5 Å². The van der Waals surface area contributed by atoms with Crippen LogP contribution >= 0.6 is 0 Å². The van der Waals surface area contributed by atoms with Gasteiger partial charge in [0, 0.05) is 25.5 Å². The molecule has 0 bridgehead atoms. The Balaban J connectivity index is 1.87. The first-order valence-electron chi connectivity index (χ1n) is 5.46. The van der Waals surface area contributed by atoms with Gasteiger partial charge in [0.15, 0.2) is 11.5 Å². The second-order valence-corrected chi connectivity index (χ2v) is 4.05. The molecule has 0 radical (unpaired) electrons. The fourth-order valence-corrected chi connectivity index (χ4v) is 2.04. The van der Waals surface area contributed by atoms with Gasteiger partial charge in [0.05, 0.1) is 25.1 Å². The zero-order valence-electron chi connectivity index (χ0n) is 8.94. The van der Waals surface area contributed by atoms with Gasteiger partial charge in [0.25, 0.3) is 5.79 Å². The lowest BCUT2D eigenvalue weighted by Crippen LogP contribution is -2.43. The van der Waals surface area contributed by atoms with Crippen LogP contribution in [0.1, 0.15) is 18.5 Å². The number of ether oxygens (including phenoxy) is 3. The van der Waals surface area contributed by atoms with Crippen molar-refractivity contribution in [3.05, 3.63) is 18.0 Å². The van der Waals surface area contributed by atoms with Gasteiger partial charge >= 0.3 is 0 Å². The van der Waals surface area contributed by atoms with E-state index in [2.05, 4.69) is 4.98 Å². The predicted molar refractivity (Wildman–Crippen MR) is 56.2 cm³/mol. The van der Waals surface area contributed by atoms with E-state index in [0.717, 1.165) is 24.3 Å². The molecule has 16 heavy (non-hydrogen) atoms. The molecule has 2 aliphatic rings. The van der Waals surface area contributed by atoms with E-state index in [0.29, 0.717) is 25.5 Å². The minimum absolute atomic E-state index is 0.409. The molecule has 0 amide bonds. The number of aromatic nitrogens is 1. The summed E-state index contributed by atoms with van der Waals surface area (Å²) in [5.74, 6) is 0.923. The smallest absolute Gasteiger partial charge is 0.256 e. The summed E-state index contributed by atoms with van der Waals surface area (Å²) in [6.07, 6.45) is 3.18. The van der Waals surface area contributed by atoms with Gasteiger partial charge in [-0.05, 0) is 0 Å². The van der Waals surface area contributed by atoms with Crippen molar-refractivity contribution in [1.82, 2.24) is 4.98 Å². The van der Waals surface area contributed by atoms with Crippen LogP contribution in [0.15, 0.2) is 12.3 Å². The zero-order chi connectivity index (χ0) is 11.0. The van der Waals surface area contributed by atoms with E-state index in [9.17, 15) is 0 Å². The van der Waals surface area contributed by atoms with Crippen LogP contribution in [0.4, 0.5) is 0 Å². The molecule has 1 spiro atoms. The number of nitrogens with zero attached hydrogens (tertiary/aromatic N) is 1. The highest BCUT2D eigenvalue weighted by Gasteiger charge is 2.43. The SMILES string of the molecule is NCc1cc2c(cn1)OC1(CCOCC1)O2. The predicted octanol–water partition coefficient (Wildman–Crippen LogP) is 0.818. The topological polar surface area (TPSA) is 66.6 Å². The Morgan fingerprint density at radius 2 is 2.00 bits per heavy atom. The van der Waals surface area contributed by atoms with Gasteiger partial charge in [-0.2, -0.15) is 0 Å². The van der Waals surface area contributed by atoms with Crippen molar-refractivity contribution in [3.63, 3.8) is 0 Å². The molecule has 5 nitrogen and oxygen atoms in total. The minimum Gasteiger partial charge on any atom is -0.448 e. The number of hydrogen-bond acceptors (Lipinski definition) is 5. The van der Waals surface area contributed by atoms with E-state index in [1.165, 1.54) is 0 Å². The van der Waals surface area contributed by atoms with Gasteiger partial charge < -0.3 is 19.9 Å². The van der Waals surface area contributed by atoms with Crippen LogP contribution in [0.2, 0.25) is 0 Å². The quantitative estimate of drug-likeness (QED) is 0.762. The van der Waals surface area contributed by atoms with Crippen molar-refractivity contribution in [2.45, 2.75) is 25.2 Å². The average molecular weight is 222 g/mol. The number of fused-ring (bicyclic) bond motifs is 1. The second-order valence-electron chi connectivity index (χ2n) is 4.05. The fourth-order valence-electron chi connectivity index (χ4n) is 2.04. The normalized spacial score (nSPS) is 21.3. The summed E-state index contributed by atoms with van der Waals surface area (Å²) in [4.78, 5) is 4.19. The highest BCUT2D eigenvalue weighted by atomic mass is 16.7. The molecule has 1 saturated heterocycles. The Labute approximate surface area is 93.5 Å². The first kappa shape index (κ1) is 9.86. The first-order valence-corrected chi connectivity index (χ1v) is 5.46. The Bertz CT molecular complexity index is 402. The summed E-state index contributed by atoms with van der Waals surface area (Å²) >= 11 is 0. The molecule has 5 heteroatoms. The number of rotatable bonds is 1. The van der Waals surface area contributed by atoms with Gasteiger partial charge in [-0.15, -0.1) is 0 Å². The Morgan fingerprint density at radius 3 is 2.75 bits per heavy atom. The summed E-state index contributed by atoms with van der Waals surface area (Å²) in [5.41, 5.74) is 6.35. The Morgan fingerprint density at radius 1 is 1.25 bits per heavy atom. The monoisotopic (exact) mass is 222 g/mol. The van der Waals surface area contributed by atoms with Gasteiger partial charge in [-0.25, -0.2) is 0 Å². The lowest BCUT2D eigenvalue weighted by atomic mass is 10.1. The number of pyridine rings is 1. The zero-order valence-corrected chi connectivity index (χ0v) is 8.94. The van der Waals surface area contributed by atoms with E-state index >= 15 is 0 Å². The lowest BCUT2D eigenvalue weighted by molar-refractivity contribution is -0.143. The molecule has 0 atom stereocenters. The standard InChI is InChI=1S/C11H14N2O3/c12-6-8-5-9-10(7-13-8)16-11(15-9)1-3-14-4-2-11/h5,7H,1-4,6,12H2. The van der Waals surface area contributed by atoms with E-state index in [4.69, 9.17) is 19.9 Å². The summed E-state index contributed by atoms with van der Waals surface area (Å²) in [6, 6.07) is 1.85. The molecule has 0 aromatic carbocycles. The van der Waals surface area contributed by atoms with Crippen LogP contribution in [-0.2, 0) is 11.3 Å². The van der Waals surface area contributed by atoms with Crippen molar-refractivity contribution in [2.75, 3.05) is 13.2 Å². The highest BCUT2D eigenvalue weighted by Crippen LogP contribution is 2.43. The van der Waals surface area contributed by atoms with Crippen molar-refractivity contribution >= 4 is 0 Å². The second kappa shape index (κ2) is 3.61. The minimum atomic E-state index is -0.532. The summed E-state index contributed by atoms with van der Waals surface area (Å²) < 4.78 is 17.0. The van der Waals surface area contributed by atoms with Crippen LogP contribution in [0.3, 0.4) is 0 Å². The van der Waals surface area contributed by atoms with Crippen molar-refractivity contribution in [1.29, 1.82) is 0 Å². The van der Waals surface area contributed by atoms with Crippen molar-refractivity contribution in [2.24, 2.45) is 5.73 Å². The number of hydrogen-bond donors (Lipinski definition) is 1. The first-order chi connectivity index (χ1) is 7.81. The largest absolute Gasteiger partial charge is 0.448 e. The Kier molecular flexibility index (Phi) is 2.22. The van der Waals surface area contributed by atoms with Crippen LogP contribution in [0, 0.1) is 0 Å². The van der Waals surface area contributed by atoms with Crippen molar-refractivity contribution in [3.8, 4) is 11.5 Å². The van der Waals surface area contributed by atoms with E-state index in [1.54, 1.807) is 6.20 Å². The van der Waals surface area contributed by atoms with Gasteiger partial charge in [-0.3, -0.25) is 4.98 Å². The lowest BCUT2D eigenvalue weighted by Gasteiger charge is -2.31. The molecule has 86 valence electrons. The van der Waals surface area contributed by atoms with E-state index in [-0.39, 0.29) is 0 Å². The molecule has 1 aromatic rings. The third-order valence-electron chi connectivity index (χ3n) is 2.94. The van der Waals surface area contributed by atoms with Gasteiger partial charge in [0.1, 0.15) is 0 Å². The van der Waals surface area contributed by atoms with Crippen molar-refractivity contribution < 1.29 is 14.2 Å². The summed E-state index contributed by atoms with van der Waals surface area (Å²) in [6.45, 7) is 1.75. The number of nitrogens with two attached hydrogens (primary N) is 1. The molecule has 1 fully saturated rings. The fraction of sp³-hybridized carbons (Fsp3) is 0.545. The Hall–Kier alpha value is -1.33. The van der Waals surface area contributed by atoms with Crippen LogP contribution < -0.4 is 15.2 Å².